The zero-order chi connectivity index (χ0) is 25.4. The smallest absolute Gasteiger partial charge is 0.250 e. The number of guanidine groups is 1. The lowest BCUT2D eigenvalue weighted by atomic mass is 9.78. The SMILES string of the molecule is COc1ccc(NC(=O)C2(N(C(=O)CN(N)/C(N)=N\N)c3ccc(OC)cc3)CCCCC2)cc1. The van der Waals surface area contributed by atoms with Gasteiger partial charge in [-0.3, -0.25) is 19.5 Å². The van der Waals surface area contributed by atoms with Gasteiger partial charge in [-0.2, -0.15) is 0 Å². The van der Waals surface area contributed by atoms with Gasteiger partial charge in [0.25, 0.3) is 5.91 Å². The predicted molar refractivity (Wildman–Crippen MR) is 135 cm³/mol. The number of ether oxygens (including phenoxy) is 2. The Kier molecular flexibility index (Phi) is 8.37. The number of anilines is 2. The first-order valence-corrected chi connectivity index (χ1v) is 11.3. The van der Waals surface area contributed by atoms with E-state index in [1.54, 1.807) is 62.8 Å². The van der Waals surface area contributed by atoms with Crippen LogP contribution < -0.4 is 37.1 Å². The number of amides is 2. The highest BCUT2D eigenvalue weighted by Crippen LogP contribution is 2.39. The first kappa shape index (κ1) is 25.6. The molecule has 1 saturated carbocycles. The fourth-order valence-electron chi connectivity index (χ4n) is 4.34. The van der Waals surface area contributed by atoms with Crippen molar-refractivity contribution in [2.45, 2.75) is 37.6 Å². The molecule has 7 N–H and O–H groups in total. The number of rotatable bonds is 8. The molecule has 0 saturated heterocycles. The van der Waals surface area contributed by atoms with Gasteiger partial charge in [-0.05, 0) is 61.4 Å². The minimum Gasteiger partial charge on any atom is -0.497 e. The van der Waals surface area contributed by atoms with Gasteiger partial charge in [0, 0.05) is 11.4 Å². The molecule has 35 heavy (non-hydrogen) atoms. The van der Waals surface area contributed by atoms with Crippen molar-refractivity contribution in [1.82, 2.24) is 5.01 Å². The summed E-state index contributed by atoms with van der Waals surface area (Å²) in [7, 11) is 3.13. The Balaban J connectivity index is 2.02. The van der Waals surface area contributed by atoms with Gasteiger partial charge in [-0.15, -0.1) is 5.10 Å². The fraction of sp³-hybridized carbons (Fsp3) is 0.375. The van der Waals surface area contributed by atoms with Crippen LogP contribution in [0.15, 0.2) is 53.6 Å². The van der Waals surface area contributed by atoms with Gasteiger partial charge in [0.2, 0.25) is 11.9 Å². The van der Waals surface area contributed by atoms with Crippen molar-refractivity contribution in [3.63, 3.8) is 0 Å². The third kappa shape index (κ3) is 5.75. The number of hydrogen-bond donors (Lipinski definition) is 4. The van der Waals surface area contributed by atoms with E-state index in [2.05, 4.69) is 10.4 Å². The molecule has 0 aromatic heterocycles. The summed E-state index contributed by atoms with van der Waals surface area (Å²) in [5.74, 6) is 11.5. The van der Waals surface area contributed by atoms with Crippen LogP contribution in [0, 0.1) is 0 Å². The summed E-state index contributed by atoms with van der Waals surface area (Å²) in [4.78, 5) is 29.1. The molecule has 188 valence electrons. The lowest BCUT2D eigenvalue weighted by Crippen LogP contribution is -2.63. The standard InChI is InChI=1S/C24H33N7O4/c1-34-19-10-6-17(7-11-19)28-22(33)24(14-4-3-5-15-24)31(18-8-12-20(35-2)13-9-18)21(32)16-30(27)23(25)29-26/h6-13H,3-5,14-16,26-27H2,1-2H3,(H2,25,29)(H,28,33). The van der Waals surface area contributed by atoms with Crippen LogP contribution in [-0.4, -0.2) is 49.1 Å². The Bertz CT molecular complexity index is 1030. The molecule has 1 aliphatic carbocycles. The normalized spacial score (nSPS) is 15.1. The van der Waals surface area contributed by atoms with E-state index in [0.29, 0.717) is 35.7 Å². The summed E-state index contributed by atoms with van der Waals surface area (Å²) in [6.07, 6.45) is 3.51. The van der Waals surface area contributed by atoms with E-state index in [9.17, 15) is 9.59 Å². The molecular weight excluding hydrogens is 450 g/mol. The predicted octanol–water partition coefficient (Wildman–Crippen LogP) is 1.74. The number of carbonyl (C=O) groups excluding carboxylic acids is 2. The van der Waals surface area contributed by atoms with E-state index in [-0.39, 0.29) is 18.4 Å². The second kappa shape index (κ2) is 11.4. The topological polar surface area (TPSA) is 162 Å². The first-order chi connectivity index (χ1) is 16.8. The number of carbonyl (C=O) groups is 2. The van der Waals surface area contributed by atoms with Crippen molar-refractivity contribution >= 4 is 29.1 Å². The number of hydrazine groups is 1. The number of hydrogen-bond acceptors (Lipinski definition) is 7. The molecule has 1 fully saturated rings. The van der Waals surface area contributed by atoms with Gasteiger partial charge in [-0.1, -0.05) is 19.3 Å². The van der Waals surface area contributed by atoms with Crippen LogP contribution in [-0.2, 0) is 9.59 Å². The van der Waals surface area contributed by atoms with Gasteiger partial charge in [0.05, 0.1) is 14.2 Å². The molecule has 0 aliphatic heterocycles. The summed E-state index contributed by atoms with van der Waals surface area (Å²) in [5, 5.41) is 7.30. The highest BCUT2D eigenvalue weighted by Gasteiger charge is 2.48. The largest absolute Gasteiger partial charge is 0.497 e. The second-order valence-electron chi connectivity index (χ2n) is 8.32. The number of hydrazone groups is 1. The van der Waals surface area contributed by atoms with Crippen molar-refractivity contribution in [1.29, 1.82) is 0 Å². The van der Waals surface area contributed by atoms with Crippen molar-refractivity contribution in [3.8, 4) is 11.5 Å². The van der Waals surface area contributed by atoms with Gasteiger partial charge in [0.1, 0.15) is 23.6 Å². The summed E-state index contributed by atoms with van der Waals surface area (Å²) in [6.45, 7) is -0.323. The lowest BCUT2D eigenvalue weighted by Gasteiger charge is -2.45. The van der Waals surface area contributed by atoms with Crippen molar-refractivity contribution in [2.75, 3.05) is 31.0 Å². The fourth-order valence-corrected chi connectivity index (χ4v) is 4.34. The molecule has 0 spiro atoms. The van der Waals surface area contributed by atoms with E-state index in [4.69, 9.17) is 26.9 Å². The van der Waals surface area contributed by atoms with Gasteiger partial charge in [-0.25, -0.2) is 5.84 Å². The summed E-state index contributed by atoms with van der Waals surface area (Å²) < 4.78 is 10.5. The van der Waals surface area contributed by atoms with Gasteiger partial charge < -0.3 is 26.4 Å². The van der Waals surface area contributed by atoms with E-state index in [1.807, 2.05) is 0 Å². The van der Waals surface area contributed by atoms with Crippen LogP contribution in [0.4, 0.5) is 11.4 Å². The molecule has 2 aromatic carbocycles. The third-order valence-electron chi connectivity index (χ3n) is 6.19. The van der Waals surface area contributed by atoms with Gasteiger partial charge >= 0.3 is 0 Å². The van der Waals surface area contributed by atoms with Crippen LogP contribution in [0.3, 0.4) is 0 Å². The molecule has 3 rings (SSSR count). The molecule has 11 heteroatoms. The summed E-state index contributed by atoms with van der Waals surface area (Å²) in [6, 6.07) is 14.0. The zero-order valence-corrected chi connectivity index (χ0v) is 20.1. The average Bonchev–Trinajstić information content (AvgIpc) is 2.89. The zero-order valence-electron chi connectivity index (χ0n) is 20.1. The maximum absolute atomic E-state index is 13.9. The van der Waals surface area contributed by atoms with E-state index < -0.39 is 11.4 Å². The summed E-state index contributed by atoms with van der Waals surface area (Å²) >= 11 is 0. The molecule has 0 unspecified atom stereocenters. The average molecular weight is 484 g/mol. The molecule has 0 bridgehead atoms. The molecule has 11 nitrogen and oxygen atoms in total. The first-order valence-electron chi connectivity index (χ1n) is 11.3. The molecule has 0 atom stereocenters. The Labute approximate surface area is 204 Å². The number of benzene rings is 2. The maximum Gasteiger partial charge on any atom is 0.250 e. The molecule has 0 heterocycles. The van der Waals surface area contributed by atoms with Crippen LogP contribution in [0.5, 0.6) is 11.5 Å². The Morgan fingerprint density at radius 1 is 0.971 bits per heavy atom. The molecule has 2 amide bonds. The van der Waals surface area contributed by atoms with Crippen molar-refractivity contribution < 1.29 is 19.1 Å². The summed E-state index contributed by atoms with van der Waals surface area (Å²) in [5.41, 5.74) is 5.69. The quantitative estimate of drug-likeness (QED) is 0.191. The van der Waals surface area contributed by atoms with Crippen molar-refractivity contribution in [2.24, 2.45) is 22.5 Å². The Hall–Kier alpha value is -3.99. The maximum atomic E-state index is 13.9. The molecule has 0 radical (unpaired) electrons. The van der Waals surface area contributed by atoms with Crippen LogP contribution >= 0.6 is 0 Å². The van der Waals surface area contributed by atoms with Crippen LogP contribution in [0.25, 0.3) is 0 Å². The lowest BCUT2D eigenvalue weighted by molar-refractivity contribution is -0.128. The minimum absolute atomic E-state index is 0.201. The van der Waals surface area contributed by atoms with E-state index >= 15 is 0 Å². The van der Waals surface area contributed by atoms with Gasteiger partial charge in [0.15, 0.2) is 0 Å². The number of methoxy groups -OCH3 is 2. The molecule has 2 aromatic rings. The third-order valence-corrected chi connectivity index (χ3v) is 6.19. The highest BCUT2D eigenvalue weighted by molar-refractivity contribution is 6.09. The second-order valence-corrected chi connectivity index (χ2v) is 8.32. The molecule has 1 aliphatic rings. The van der Waals surface area contributed by atoms with E-state index in [0.717, 1.165) is 24.3 Å². The Morgan fingerprint density at radius 2 is 1.51 bits per heavy atom. The Morgan fingerprint density at radius 3 is 2.03 bits per heavy atom. The number of nitrogens with two attached hydrogens (primary N) is 3. The van der Waals surface area contributed by atoms with Crippen LogP contribution in [0.2, 0.25) is 0 Å². The minimum atomic E-state index is -1.14. The number of nitrogens with one attached hydrogen (secondary N) is 1. The van der Waals surface area contributed by atoms with E-state index in [1.165, 1.54) is 4.90 Å². The molecular formula is C24H33N7O4. The highest BCUT2D eigenvalue weighted by atomic mass is 16.5. The monoisotopic (exact) mass is 483 g/mol. The van der Waals surface area contributed by atoms with Crippen molar-refractivity contribution in [3.05, 3.63) is 48.5 Å². The number of nitrogens with zero attached hydrogens (tertiary/aromatic N) is 3. The van der Waals surface area contributed by atoms with Crippen LogP contribution in [0.1, 0.15) is 32.1 Å².